The number of carbonyl (C=O) groups excluding carboxylic acids is 2. The average Bonchev–Trinajstić information content (AvgIpc) is 2.99. The zero-order valence-corrected chi connectivity index (χ0v) is 25.3. The number of fused-ring (bicyclic) bond motifs is 1. The first-order valence-electron chi connectivity index (χ1n) is 15.0. The van der Waals surface area contributed by atoms with E-state index in [0.29, 0.717) is 19.6 Å². The first-order chi connectivity index (χ1) is 20.2. The summed E-state index contributed by atoms with van der Waals surface area (Å²) in [4.78, 5) is 31.3. The van der Waals surface area contributed by atoms with Gasteiger partial charge in [-0.2, -0.15) is 0 Å². The molecular formula is C35H40N2O5. The number of aryl methyl sites for hydroxylation is 1. The van der Waals surface area contributed by atoms with Crippen LogP contribution in [0.15, 0.2) is 48.5 Å². The molecule has 0 aromatic heterocycles. The van der Waals surface area contributed by atoms with Crippen molar-refractivity contribution in [2.24, 2.45) is 0 Å². The third-order valence-electron chi connectivity index (χ3n) is 8.48. The summed E-state index contributed by atoms with van der Waals surface area (Å²) in [6, 6.07) is 16.5. The summed E-state index contributed by atoms with van der Waals surface area (Å²) < 4.78 is 17.8. The first-order valence-corrected chi connectivity index (χ1v) is 15.0. The molecule has 0 N–H and O–H groups in total. The number of rotatable bonds is 6. The van der Waals surface area contributed by atoms with Crippen LogP contribution in [0.4, 0.5) is 10.5 Å². The van der Waals surface area contributed by atoms with Gasteiger partial charge in [0.25, 0.3) is 0 Å². The van der Waals surface area contributed by atoms with E-state index in [1.165, 1.54) is 12.7 Å². The average molecular weight is 569 g/mol. The number of nitrogens with zero attached hydrogens (tertiary/aromatic N) is 2. The third-order valence-corrected chi connectivity index (χ3v) is 8.48. The van der Waals surface area contributed by atoms with Gasteiger partial charge in [-0.15, -0.1) is 0 Å². The number of amides is 2. The lowest BCUT2D eigenvalue weighted by atomic mass is 9.79. The molecule has 1 atom stereocenters. The molecule has 2 amide bonds. The molecule has 0 saturated heterocycles. The molecule has 0 bridgehead atoms. The fourth-order valence-electron chi connectivity index (χ4n) is 6.70. The van der Waals surface area contributed by atoms with E-state index in [2.05, 4.69) is 31.2 Å². The molecule has 0 spiro atoms. The third kappa shape index (κ3) is 5.15. The lowest BCUT2D eigenvalue weighted by Gasteiger charge is -2.43. The minimum Gasteiger partial charge on any atom is -0.493 e. The van der Waals surface area contributed by atoms with Crippen molar-refractivity contribution >= 4 is 17.7 Å². The second kappa shape index (κ2) is 11.1. The second-order valence-corrected chi connectivity index (χ2v) is 12.5. The summed E-state index contributed by atoms with van der Waals surface area (Å²) in [7, 11) is 1.41. The number of ether oxygens (including phenoxy) is 3. The maximum Gasteiger partial charge on any atom is 0.339 e. The highest BCUT2D eigenvalue weighted by Crippen LogP contribution is 2.49. The van der Waals surface area contributed by atoms with Crippen LogP contribution in [0, 0.1) is 6.92 Å². The first kappa shape index (κ1) is 28.3. The Morgan fingerprint density at radius 3 is 2.57 bits per heavy atom. The minimum absolute atomic E-state index is 0.00249. The van der Waals surface area contributed by atoms with Gasteiger partial charge in [-0.05, 0) is 104 Å². The molecule has 42 heavy (non-hydrogen) atoms. The molecule has 6 rings (SSSR count). The lowest BCUT2D eigenvalue weighted by molar-refractivity contribution is -0.164. The molecular weight excluding hydrogens is 528 g/mol. The van der Waals surface area contributed by atoms with Gasteiger partial charge in [0, 0.05) is 18.7 Å². The zero-order chi connectivity index (χ0) is 29.6. The number of anilines is 1. The number of methoxy groups -OCH3 is 1. The smallest absolute Gasteiger partial charge is 0.339 e. The summed E-state index contributed by atoms with van der Waals surface area (Å²) in [5, 5.41) is 0. The van der Waals surface area contributed by atoms with E-state index in [4.69, 9.17) is 14.2 Å². The van der Waals surface area contributed by atoms with Crippen molar-refractivity contribution in [1.29, 1.82) is 0 Å². The normalized spacial score (nSPS) is 16.8. The number of hydrogen-bond acceptors (Lipinski definition) is 5. The highest BCUT2D eigenvalue weighted by molar-refractivity contribution is 5.99. The molecule has 3 aromatic rings. The van der Waals surface area contributed by atoms with Crippen LogP contribution in [0.1, 0.15) is 73.1 Å². The fraction of sp³-hybridized carbons (Fsp3) is 0.429. The molecule has 7 nitrogen and oxygen atoms in total. The predicted octanol–water partition coefficient (Wildman–Crippen LogP) is 6.90. The van der Waals surface area contributed by atoms with Gasteiger partial charge >= 0.3 is 12.0 Å². The van der Waals surface area contributed by atoms with Crippen molar-refractivity contribution in [3.63, 3.8) is 0 Å². The Kier molecular flexibility index (Phi) is 7.48. The Morgan fingerprint density at radius 1 is 1.05 bits per heavy atom. The van der Waals surface area contributed by atoms with Crippen LogP contribution in [0.3, 0.4) is 0 Å². The molecule has 0 radical (unpaired) electrons. The van der Waals surface area contributed by atoms with E-state index >= 15 is 0 Å². The van der Waals surface area contributed by atoms with Crippen LogP contribution in [0.5, 0.6) is 5.75 Å². The van der Waals surface area contributed by atoms with Crippen molar-refractivity contribution in [2.75, 3.05) is 25.2 Å². The standard InChI is InChI=1S/C35H40N2O5/c1-22-27-21-36(20-23-11-7-6-8-12-23)34(39)37-17-9-14-26(31(27)37)30(32(33(38)40-5)42-35(2,3)4)29(22)25-15-16-28-24(19-25)13-10-18-41-28/h6-8,11-12,15-16,19,32H,9-10,13-14,17-18,20-21H2,1-5H3. The number of hydrogen-bond donors (Lipinski definition) is 0. The summed E-state index contributed by atoms with van der Waals surface area (Å²) >= 11 is 0. The van der Waals surface area contributed by atoms with Crippen LogP contribution in [-0.4, -0.2) is 42.8 Å². The Bertz CT molecular complexity index is 1520. The fourth-order valence-corrected chi connectivity index (χ4v) is 6.70. The Labute approximate surface area is 248 Å². The number of benzene rings is 3. The Hall–Kier alpha value is -3.84. The van der Waals surface area contributed by atoms with Gasteiger partial charge in [0.15, 0.2) is 6.10 Å². The summed E-state index contributed by atoms with van der Waals surface area (Å²) in [6.45, 7) is 10.4. The molecule has 3 aromatic carbocycles. The largest absolute Gasteiger partial charge is 0.493 e. The highest BCUT2D eigenvalue weighted by atomic mass is 16.6. The van der Waals surface area contributed by atoms with E-state index in [1.807, 2.05) is 54.8 Å². The van der Waals surface area contributed by atoms with E-state index in [1.54, 1.807) is 0 Å². The van der Waals surface area contributed by atoms with E-state index in [0.717, 1.165) is 82.7 Å². The van der Waals surface area contributed by atoms with E-state index < -0.39 is 17.7 Å². The Morgan fingerprint density at radius 2 is 1.83 bits per heavy atom. The molecule has 0 fully saturated rings. The maximum atomic E-state index is 14.0. The molecule has 3 aliphatic heterocycles. The van der Waals surface area contributed by atoms with Gasteiger partial charge in [0.2, 0.25) is 0 Å². The van der Waals surface area contributed by atoms with Gasteiger partial charge < -0.3 is 19.1 Å². The van der Waals surface area contributed by atoms with Crippen LogP contribution in [-0.2, 0) is 40.2 Å². The predicted molar refractivity (Wildman–Crippen MR) is 163 cm³/mol. The van der Waals surface area contributed by atoms with Crippen molar-refractivity contribution in [3.8, 4) is 16.9 Å². The van der Waals surface area contributed by atoms with Gasteiger partial charge in [-0.1, -0.05) is 36.4 Å². The number of urea groups is 1. The quantitative estimate of drug-likeness (QED) is 0.303. The van der Waals surface area contributed by atoms with E-state index in [9.17, 15) is 9.59 Å². The van der Waals surface area contributed by atoms with Crippen molar-refractivity contribution in [3.05, 3.63) is 81.9 Å². The Balaban J connectivity index is 1.59. The molecule has 1 unspecified atom stereocenters. The second-order valence-electron chi connectivity index (χ2n) is 12.5. The monoisotopic (exact) mass is 568 g/mol. The van der Waals surface area contributed by atoms with Gasteiger partial charge in [-0.25, -0.2) is 9.59 Å². The van der Waals surface area contributed by atoms with Gasteiger partial charge in [0.1, 0.15) is 5.75 Å². The zero-order valence-electron chi connectivity index (χ0n) is 25.3. The van der Waals surface area contributed by atoms with Crippen molar-refractivity contribution in [1.82, 2.24) is 4.90 Å². The lowest BCUT2D eigenvalue weighted by Crippen LogP contribution is -2.49. The molecule has 220 valence electrons. The topological polar surface area (TPSA) is 68.3 Å². The van der Waals surface area contributed by atoms with Gasteiger partial charge in [0.05, 0.1) is 31.5 Å². The SMILES string of the molecule is COC(=O)C(OC(C)(C)C)c1c2c3c(c(C)c1-c1ccc4c(c1)CCCO4)CN(Cc1ccccc1)C(=O)N3CCC2. The summed E-state index contributed by atoms with van der Waals surface area (Å²) in [6.07, 6.45) is 2.54. The number of carbonyl (C=O) groups is 2. The van der Waals surface area contributed by atoms with Gasteiger partial charge in [-0.3, -0.25) is 4.90 Å². The summed E-state index contributed by atoms with van der Waals surface area (Å²) in [5.74, 6) is 0.484. The van der Waals surface area contributed by atoms with Crippen LogP contribution < -0.4 is 9.64 Å². The minimum atomic E-state index is -0.936. The highest BCUT2D eigenvalue weighted by Gasteiger charge is 2.41. The molecule has 7 heteroatoms. The molecule has 0 saturated carbocycles. The molecule has 0 aliphatic carbocycles. The summed E-state index contributed by atoms with van der Waals surface area (Å²) in [5.41, 5.74) is 8.65. The van der Waals surface area contributed by atoms with Crippen molar-refractivity contribution < 1.29 is 23.8 Å². The molecule has 3 aliphatic rings. The van der Waals surface area contributed by atoms with Crippen LogP contribution in [0.2, 0.25) is 0 Å². The van der Waals surface area contributed by atoms with E-state index in [-0.39, 0.29) is 6.03 Å². The number of esters is 1. The van der Waals surface area contributed by atoms with Crippen LogP contribution >= 0.6 is 0 Å². The van der Waals surface area contributed by atoms with Crippen LogP contribution in [0.25, 0.3) is 11.1 Å². The van der Waals surface area contributed by atoms with Crippen molar-refractivity contribution in [2.45, 2.75) is 78.2 Å². The molecule has 3 heterocycles. The maximum absolute atomic E-state index is 14.0.